The molecule has 0 bridgehead atoms. The molecule has 1 N–H and O–H groups in total. The Morgan fingerprint density at radius 1 is 1.06 bits per heavy atom. The summed E-state index contributed by atoms with van der Waals surface area (Å²) in [4.78, 5) is 22.3. The number of ether oxygens (including phenoxy) is 2. The van der Waals surface area contributed by atoms with Crippen LogP contribution in [-0.2, 0) is 11.2 Å². The zero-order chi connectivity index (χ0) is 24.1. The largest absolute Gasteiger partial charge is 0.493 e. The van der Waals surface area contributed by atoms with Crippen LogP contribution in [0.3, 0.4) is 0 Å². The molecule has 0 atom stereocenters. The summed E-state index contributed by atoms with van der Waals surface area (Å²) in [5.41, 5.74) is 4.80. The number of hydrogen-bond donors (Lipinski definition) is 1. The first-order valence-electron chi connectivity index (χ1n) is 11.5. The van der Waals surface area contributed by atoms with Gasteiger partial charge in [-0.3, -0.25) is 4.79 Å². The van der Waals surface area contributed by atoms with Gasteiger partial charge < -0.3 is 24.6 Å². The molecule has 7 nitrogen and oxygen atoms in total. The highest BCUT2D eigenvalue weighted by molar-refractivity contribution is 7.13. The second-order valence-corrected chi connectivity index (χ2v) is 9.22. The van der Waals surface area contributed by atoms with Gasteiger partial charge in [0.05, 0.1) is 26.3 Å². The van der Waals surface area contributed by atoms with Crippen molar-refractivity contribution in [3.63, 3.8) is 0 Å². The molecule has 1 aliphatic heterocycles. The second-order valence-electron chi connectivity index (χ2n) is 8.36. The number of rotatable bonds is 8. The van der Waals surface area contributed by atoms with Gasteiger partial charge in [0.15, 0.2) is 11.5 Å². The molecule has 2 aromatic carbocycles. The van der Waals surface area contributed by atoms with Crippen LogP contribution in [0.15, 0.2) is 41.8 Å². The van der Waals surface area contributed by atoms with E-state index < -0.39 is 0 Å². The molecule has 0 unspecified atom stereocenters. The lowest BCUT2D eigenvalue weighted by molar-refractivity contribution is -0.115. The Bertz CT molecular complexity index is 1140. The third kappa shape index (κ3) is 5.51. The number of benzene rings is 2. The molecule has 0 spiro atoms. The van der Waals surface area contributed by atoms with Crippen molar-refractivity contribution in [2.75, 3.05) is 57.2 Å². The van der Waals surface area contributed by atoms with E-state index in [1.54, 1.807) is 14.2 Å². The Labute approximate surface area is 205 Å². The van der Waals surface area contributed by atoms with Crippen LogP contribution in [0.4, 0.5) is 11.4 Å². The minimum absolute atomic E-state index is 0.0726. The average Bonchev–Trinajstić information content (AvgIpc) is 3.33. The fraction of sp³-hybridized carbons (Fsp3) is 0.385. The number of amides is 1. The molecule has 180 valence electrons. The fourth-order valence-electron chi connectivity index (χ4n) is 4.16. The number of nitrogens with one attached hydrogen (secondary N) is 1. The van der Waals surface area contributed by atoms with Crippen LogP contribution in [0.5, 0.6) is 11.5 Å². The summed E-state index contributed by atoms with van der Waals surface area (Å²) in [5, 5.41) is 5.82. The third-order valence-electron chi connectivity index (χ3n) is 6.19. The van der Waals surface area contributed by atoms with E-state index >= 15 is 0 Å². The summed E-state index contributed by atoms with van der Waals surface area (Å²) < 4.78 is 10.7. The van der Waals surface area contributed by atoms with E-state index in [-0.39, 0.29) is 12.3 Å². The fourth-order valence-corrected chi connectivity index (χ4v) is 4.97. The van der Waals surface area contributed by atoms with Crippen LogP contribution in [0.25, 0.3) is 10.6 Å². The quantitative estimate of drug-likeness (QED) is 0.514. The molecular formula is C26H32N4O3S. The lowest BCUT2D eigenvalue weighted by Gasteiger charge is -2.35. The van der Waals surface area contributed by atoms with Gasteiger partial charge in [0.2, 0.25) is 5.91 Å². The van der Waals surface area contributed by atoms with E-state index in [1.807, 2.05) is 36.6 Å². The van der Waals surface area contributed by atoms with E-state index in [4.69, 9.17) is 9.47 Å². The molecule has 2 heterocycles. The van der Waals surface area contributed by atoms with Gasteiger partial charge in [-0.15, -0.1) is 11.3 Å². The summed E-state index contributed by atoms with van der Waals surface area (Å²) in [7, 11) is 3.22. The molecule has 34 heavy (non-hydrogen) atoms. The van der Waals surface area contributed by atoms with Crippen molar-refractivity contribution in [1.29, 1.82) is 0 Å². The lowest BCUT2D eigenvalue weighted by atomic mass is 10.1. The Kier molecular flexibility index (Phi) is 7.70. The number of aromatic nitrogens is 1. The van der Waals surface area contributed by atoms with Gasteiger partial charge in [0.1, 0.15) is 5.01 Å². The maximum atomic E-state index is 12.7. The average molecular weight is 481 g/mol. The molecule has 0 radical (unpaired) electrons. The normalized spacial score (nSPS) is 14.2. The topological polar surface area (TPSA) is 66.9 Å². The van der Waals surface area contributed by atoms with Crippen molar-refractivity contribution in [2.24, 2.45) is 0 Å². The summed E-state index contributed by atoms with van der Waals surface area (Å²) in [6, 6.07) is 12.0. The number of carbonyl (C=O) groups excluding carboxylic acids is 1. The molecule has 8 heteroatoms. The lowest BCUT2D eigenvalue weighted by Crippen LogP contribution is -2.46. The maximum Gasteiger partial charge on any atom is 0.230 e. The minimum Gasteiger partial charge on any atom is -0.493 e. The van der Waals surface area contributed by atoms with E-state index in [0.717, 1.165) is 60.2 Å². The van der Waals surface area contributed by atoms with Gasteiger partial charge in [0.25, 0.3) is 0 Å². The summed E-state index contributed by atoms with van der Waals surface area (Å²) in [6.45, 7) is 9.60. The third-order valence-corrected chi connectivity index (χ3v) is 7.13. The molecule has 1 saturated heterocycles. The molecule has 3 aromatic rings. The summed E-state index contributed by atoms with van der Waals surface area (Å²) in [6.07, 6.45) is 0.226. The van der Waals surface area contributed by atoms with Gasteiger partial charge in [-0.2, -0.15) is 0 Å². The highest BCUT2D eigenvalue weighted by Crippen LogP contribution is 2.33. The van der Waals surface area contributed by atoms with Crippen molar-refractivity contribution in [2.45, 2.75) is 20.3 Å². The molecule has 0 aliphatic carbocycles. The number of likely N-dealkylation sites (N-methyl/N-ethyl adjacent to an activating group) is 1. The van der Waals surface area contributed by atoms with Gasteiger partial charge in [-0.05, 0) is 55.4 Å². The number of piperazine rings is 1. The van der Waals surface area contributed by atoms with Crippen molar-refractivity contribution in [1.82, 2.24) is 9.88 Å². The van der Waals surface area contributed by atoms with E-state index in [9.17, 15) is 4.79 Å². The standard InChI is InChI=1S/C26H32N4O3S/c1-5-29-10-12-30(13-11-29)21-7-8-22(18(2)14-21)28-25(31)16-20-17-34-26(27-20)19-6-9-23(32-3)24(15-19)33-4/h6-9,14-15,17H,5,10-13,16H2,1-4H3,(H,28,31). The zero-order valence-corrected chi connectivity index (χ0v) is 21.1. The molecule has 0 saturated carbocycles. The van der Waals surface area contributed by atoms with Crippen LogP contribution in [-0.4, -0.2) is 62.7 Å². The summed E-state index contributed by atoms with van der Waals surface area (Å²) >= 11 is 1.51. The van der Waals surface area contributed by atoms with Gasteiger partial charge >= 0.3 is 0 Å². The highest BCUT2D eigenvalue weighted by atomic mass is 32.1. The number of nitrogens with zero attached hydrogens (tertiary/aromatic N) is 3. The summed E-state index contributed by atoms with van der Waals surface area (Å²) in [5.74, 6) is 1.25. The highest BCUT2D eigenvalue weighted by Gasteiger charge is 2.17. The van der Waals surface area contributed by atoms with E-state index in [2.05, 4.69) is 39.2 Å². The predicted octanol–water partition coefficient (Wildman–Crippen LogP) is 4.46. The number of aryl methyl sites for hydroxylation is 1. The first-order valence-corrected chi connectivity index (χ1v) is 12.4. The van der Waals surface area contributed by atoms with Crippen molar-refractivity contribution in [3.05, 3.63) is 53.0 Å². The van der Waals surface area contributed by atoms with Crippen LogP contribution < -0.4 is 19.7 Å². The van der Waals surface area contributed by atoms with Crippen LogP contribution >= 0.6 is 11.3 Å². The van der Waals surface area contributed by atoms with Crippen molar-refractivity contribution < 1.29 is 14.3 Å². The first kappa shape index (κ1) is 24.0. The number of thiazole rings is 1. The maximum absolute atomic E-state index is 12.7. The van der Waals surface area contributed by atoms with Gasteiger partial charge in [-0.1, -0.05) is 6.92 Å². The minimum atomic E-state index is -0.0726. The smallest absolute Gasteiger partial charge is 0.230 e. The van der Waals surface area contributed by atoms with Gasteiger partial charge in [0, 0.05) is 48.5 Å². The number of hydrogen-bond acceptors (Lipinski definition) is 7. The van der Waals surface area contributed by atoms with E-state index in [0.29, 0.717) is 11.5 Å². The van der Waals surface area contributed by atoms with Crippen LogP contribution in [0, 0.1) is 6.92 Å². The molecule has 1 amide bonds. The zero-order valence-electron chi connectivity index (χ0n) is 20.3. The van der Waals surface area contributed by atoms with Crippen molar-refractivity contribution >= 4 is 28.6 Å². The molecule has 1 aromatic heterocycles. The Morgan fingerprint density at radius 3 is 2.50 bits per heavy atom. The van der Waals surface area contributed by atoms with Crippen LogP contribution in [0.2, 0.25) is 0 Å². The second kappa shape index (κ2) is 10.9. The predicted molar refractivity (Wildman–Crippen MR) is 138 cm³/mol. The molecule has 1 fully saturated rings. The monoisotopic (exact) mass is 480 g/mol. The SMILES string of the molecule is CCN1CCN(c2ccc(NC(=O)Cc3csc(-c4ccc(OC)c(OC)c4)n3)c(C)c2)CC1. The number of anilines is 2. The number of methoxy groups -OCH3 is 2. The molecule has 4 rings (SSSR count). The molecule has 1 aliphatic rings. The number of carbonyl (C=O) groups is 1. The van der Waals surface area contributed by atoms with Crippen LogP contribution in [0.1, 0.15) is 18.2 Å². The molecular weight excluding hydrogens is 448 g/mol. The van der Waals surface area contributed by atoms with Crippen molar-refractivity contribution in [3.8, 4) is 22.1 Å². The first-order chi connectivity index (χ1) is 16.5. The Balaban J connectivity index is 1.37. The Hall–Kier alpha value is -3.10. The van der Waals surface area contributed by atoms with Gasteiger partial charge in [-0.25, -0.2) is 4.98 Å². The van der Waals surface area contributed by atoms with E-state index in [1.165, 1.54) is 17.0 Å². The Morgan fingerprint density at radius 2 is 1.82 bits per heavy atom.